The number of hydrogen-bond donors (Lipinski definition) is 2. The van der Waals surface area contributed by atoms with Crippen LogP contribution in [0.5, 0.6) is 0 Å². The van der Waals surface area contributed by atoms with Crippen LogP contribution in [0, 0.1) is 18.3 Å². The van der Waals surface area contributed by atoms with Crippen molar-refractivity contribution in [1.29, 1.82) is 0 Å². The Hall–Kier alpha value is -2.35. The van der Waals surface area contributed by atoms with E-state index in [1.807, 2.05) is 32.9 Å². The molecule has 0 aliphatic carbocycles. The van der Waals surface area contributed by atoms with Crippen LogP contribution < -0.4 is 10.6 Å². The molecule has 0 radical (unpaired) electrons. The molecule has 10 nitrogen and oxygen atoms in total. The van der Waals surface area contributed by atoms with Crippen molar-refractivity contribution in [2.24, 2.45) is 5.92 Å². The highest BCUT2D eigenvalue weighted by atomic mass is 32.2. The Kier molecular flexibility index (Phi) is 16.1. The summed E-state index contributed by atoms with van der Waals surface area (Å²) in [5.74, 6) is 1.38. The Morgan fingerprint density at radius 2 is 1.66 bits per heavy atom. The maximum atomic E-state index is 12.2. The summed E-state index contributed by atoms with van der Waals surface area (Å²) in [6.45, 7) is 10.1. The molecule has 2 rings (SSSR count). The second kappa shape index (κ2) is 19.0. The highest BCUT2D eigenvalue weighted by molar-refractivity contribution is 7.99. The molecule has 0 spiro atoms. The fraction of sp³-hybridized carbons (Fsp3) is 0.621. The lowest BCUT2D eigenvalue weighted by Gasteiger charge is -2.44. The van der Waals surface area contributed by atoms with Crippen molar-refractivity contribution in [3.8, 4) is 12.3 Å². The standard InChI is InChI=1S/C29H43N2O8PS/c1-7-10-11-12-18-30-29(34)31-23-13-15-24(16-14-23)41-28-27(38-22(6)33)20(4)26(37-21(5)32)25(39-28)17-19-40(35-8-2)36-9-3/h1,13-16,20,25-28H,8-12,17-19H2,2-6H3,(H2,30,31,34)/t20-,25+,26-,27-,28-/m0/s1. The summed E-state index contributed by atoms with van der Waals surface area (Å²) >= 11 is 1.41. The Morgan fingerprint density at radius 1 is 1.02 bits per heavy atom. The lowest BCUT2D eigenvalue weighted by molar-refractivity contribution is -0.204. The molecule has 1 aromatic carbocycles. The van der Waals surface area contributed by atoms with Crippen molar-refractivity contribution in [3.05, 3.63) is 24.3 Å². The molecular weight excluding hydrogens is 567 g/mol. The third kappa shape index (κ3) is 12.6. The fourth-order valence-corrected chi connectivity index (χ4v) is 6.90. The minimum atomic E-state index is -1.11. The number of carbonyl (C=O) groups excluding carboxylic acids is 3. The van der Waals surface area contributed by atoms with Crippen molar-refractivity contribution in [1.82, 2.24) is 5.32 Å². The van der Waals surface area contributed by atoms with Crippen LogP contribution in [-0.4, -0.2) is 67.6 Å². The number of terminal acetylenes is 1. The smallest absolute Gasteiger partial charge is 0.319 e. The molecule has 1 fully saturated rings. The quantitative estimate of drug-likeness (QED) is 0.105. The van der Waals surface area contributed by atoms with Crippen LogP contribution in [0.25, 0.3) is 0 Å². The summed E-state index contributed by atoms with van der Waals surface area (Å²) in [6, 6.07) is 7.03. The highest BCUT2D eigenvalue weighted by Gasteiger charge is 2.47. The summed E-state index contributed by atoms with van der Waals surface area (Å²) in [7, 11) is -1.11. The number of unbranched alkanes of at least 4 members (excludes halogenated alkanes) is 2. The highest BCUT2D eigenvalue weighted by Crippen LogP contribution is 2.43. The number of urea groups is 1. The number of hydrogen-bond acceptors (Lipinski definition) is 9. The van der Waals surface area contributed by atoms with E-state index >= 15 is 0 Å². The first-order valence-electron chi connectivity index (χ1n) is 14.0. The van der Waals surface area contributed by atoms with Gasteiger partial charge in [-0.3, -0.25) is 9.59 Å². The van der Waals surface area contributed by atoms with Crippen LogP contribution in [0.15, 0.2) is 29.2 Å². The van der Waals surface area contributed by atoms with Gasteiger partial charge in [-0.25, -0.2) is 4.79 Å². The third-order valence-electron chi connectivity index (χ3n) is 6.12. The van der Waals surface area contributed by atoms with Gasteiger partial charge in [-0.2, -0.15) is 0 Å². The van der Waals surface area contributed by atoms with E-state index in [4.69, 9.17) is 29.7 Å². The molecule has 5 atom stereocenters. The van der Waals surface area contributed by atoms with Gasteiger partial charge in [-0.15, -0.1) is 12.3 Å². The first-order valence-corrected chi connectivity index (χ1v) is 16.2. The van der Waals surface area contributed by atoms with Crippen molar-refractivity contribution in [3.63, 3.8) is 0 Å². The summed E-state index contributed by atoms with van der Waals surface area (Å²) < 4.78 is 29.4. The molecular formula is C29H43N2O8PS. The SMILES string of the molecule is C#CCCCCNC(=O)Nc1ccc(S[C@@H]2O[C@H](CCP(OCC)OCC)[C@@H](OC(C)=O)[C@H](C)[C@@H]2OC(C)=O)cc1. The monoisotopic (exact) mass is 610 g/mol. The van der Waals surface area contributed by atoms with Crippen LogP contribution in [-0.2, 0) is 32.8 Å². The number of benzene rings is 1. The number of carbonyl (C=O) groups is 3. The van der Waals surface area contributed by atoms with Gasteiger partial charge in [0.15, 0.2) is 8.38 Å². The van der Waals surface area contributed by atoms with Gasteiger partial charge >= 0.3 is 18.0 Å². The minimum Gasteiger partial charge on any atom is -0.459 e. The van der Waals surface area contributed by atoms with E-state index in [-0.39, 0.29) is 11.9 Å². The minimum absolute atomic E-state index is 0.288. The fourth-order valence-electron chi connectivity index (χ4n) is 4.32. The lowest BCUT2D eigenvalue weighted by atomic mass is 9.90. The summed E-state index contributed by atoms with van der Waals surface area (Å²) in [5, 5.41) is 5.63. The maximum absolute atomic E-state index is 12.2. The van der Waals surface area contributed by atoms with Crippen LogP contribution in [0.1, 0.15) is 60.3 Å². The topological polar surface area (TPSA) is 121 Å². The summed E-state index contributed by atoms with van der Waals surface area (Å²) in [4.78, 5) is 37.0. The predicted molar refractivity (Wildman–Crippen MR) is 161 cm³/mol. The van der Waals surface area contributed by atoms with Crippen LogP contribution >= 0.6 is 20.1 Å². The molecule has 0 aromatic heterocycles. The number of amides is 2. The van der Waals surface area contributed by atoms with E-state index in [0.29, 0.717) is 44.4 Å². The van der Waals surface area contributed by atoms with Gasteiger partial charge in [0.2, 0.25) is 0 Å². The second-order valence-corrected chi connectivity index (χ2v) is 12.2. The van der Waals surface area contributed by atoms with E-state index in [2.05, 4.69) is 16.6 Å². The molecule has 0 saturated carbocycles. The Labute approximate surface area is 249 Å². The lowest BCUT2D eigenvalue weighted by Crippen LogP contribution is -2.55. The van der Waals surface area contributed by atoms with Gasteiger partial charge in [0, 0.05) is 49.5 Å². The average molecular weight is 611 g/mol. The van der Waals surface area contributed by atoms with Crippen LogP contribution in [0.3, 0.4) is 0 Å². The number of anilines is 1. The molecule has 41 heavy (non-hydrogen) atoms. The molecule has 1 aromatic rings. The molecule has 1 heterocycles. The molecule has 1 saturated heterocycles. The van der Waals surface area contributed by atoms with Gasteiger partial charge in [-0.05, 0) is 57.4 Å². The van der Waals surface area contributed by atoms with Crippen molar-refractivity contribution in [2.75, 3.05) is 31.2 Å². The van der Waals surface area contributed by atoms with Gasteiger partial charge in [0.1, 0.15) is 17.6 Å². The Bertz CT molecular complexity index is 1000. The first-order chi connectivity index (χ1) is 19.7. The molecule has 228 valence electrons. The summed E-state index contributed by atoms with van der Waals surface area (Å²) in [5.41, 5.74) is 0.0826. The van der Waals surface area contributed by atoms with E-state index in [1.165, 1.54) is 25.6 Å². The number of thioether (sulfide) groups is 1. The van der Waals surface area contributed by atoms with Crippen molar-refractivity contribution >= 4 is 43.8 Å². The van der Waals surface area contributed by atoms with E-state index in [9.17, 15) is 14.4 Å². The van der Waals surface area contributed by atoms with Crippen molar-refractivity contribution < 1.29 is 37.6 Å². The molecule has 2 amide bonds. The molecule has 2 N–H and O–H groups in total. The zero-order chi connectivity index (χ0) is 30.2. The Morgan fingerprint density at radius 3 is 2.24 bits per heavy atom. The summed E-state index contributed by atoms with van der Waals surface area (Å²) in [6.07, 6.45) is 7.05. The van der Waals surface area contributed by atoms with Crippen LogP contribution in [0.4, 0.5) is 10.5 Å². The van der Waals surface area contributed by atoms with Crippen molar-refractivity contribution in [2.45, 2.75) is 88.9 Å². The Balaban J connectivity index is 2.13. The zero-order valence-corrected chi connectivity index (χ0v) is 26.3. The normalized spacial score (nSPS) is 22.0. The molecule has 1 aliphatic rings. The molecule has 0 unspecified atom stereocenters. The third-order valence-corrected chi connectivity index (χ3v) is 9.00. The van der Waals surface area contributed by atoms with Gasteiger partial charge in [0.25, 0.3) is 0 Å². The number of nitrogens with one attached hydrogen (secondary N) is 2. The molecule has 0 bridgehead atoms. The zero-order valence-electron chi connectivity index (χ0n) is 24.6. The molecule has 1 aliphatic heterocycles. The molecule has 12 heteroatoms. The van der Waals surface area contributed by atoms with Gasteiger partial charge < -0.3 is 33.9 Å². The average Bonchev–Trinajstić information content (AvgIpc) is 2.92. The van der Waals surface area contributed by atoms with Gasteiger partial charge in [-0.1, -0.05) is 18.7 Å². The predicted octanol–water partition coefficient (Wildman–Crippen LogP) is 5.70. The number of esters is 2. The number of rotatable bonds is 16. The number of ether oxygens (including phenoxy) is 3. The first kappa shape index (κ1) is 34.8. The van der Waals surface area contributed by atoms with E-state index in [0.717, 1.165) is 17.7 Å². The maximum Gasteiger partial charge on any atom is 0.319 e. The van der Waals surface area contributed by atoms with E-state index in [1.54, 1.807) is 12.1 Å². The largest absolute Gasteiger partial charge is 0.459 e. The van der Waals surface area contributed by atoms with E-state index < -0.39 is 44.1 Å². The van der Waals surface area contributed by atoms with Crippen LogP contribution in [0.2, 0.25) is 0 Å². The second-order valence-electron chi connectivity index (χ2n) is 9.42. The van der Waals surface area contributed by atoms with Gasteiger partial charge in [0.05, 0.1) is 19.3 Å².